The molecular formula is C22H24N4O3. The number of nitrogens with one attached hydrogen (secondary N) is 2. The molecule has 0 aliphatic rings. The van der Waals surface area contributed by atoms with E-state index in [0.29, 0.717) is 29.5 Å². The number of carbonyl (C=O) groups is 1. The monoisotopic (exact) mass is 392 g/mol. The van der Waals surface area contributed by atoms with E-state index in [1.54, 1.807) is 25.3 Å². The molecule has 0 spiro atoms. The van der Waals surface area contributed by atoms with Crippen LogP contribution in [0, 0.1) is 13.8 Å². The third kappa shape index (κ3) is 4.82. The third-order valence-electron chi connectivity index (χ3n) is 4.49. The van der Waals surface area contributed by atoms with Gasteiger partial charge in [-0.2, -0.15) is 10.2 Å². The van der Waals surface area contributed by atoms with Crippen molar-refractivity contribution in [1.82, 2.24) is 15.6 Å². The summed E-state index contributed by atoms with van der Waals surface area (Å²) >= 11 is 0. The Morgan fingerprint density at radius 1 is 1.14 bits per heavy atom. The Kier molecular flexibility index (Phi) is 6.29. The average Bonchev–Trinajstić information content (AvgIpc) is 3.21. The summed E-state index contributed by atoms with van der Waals surface area (Å²) in [6.45, 7) is 6.56. The van der Waals surface area contributed by atoms with Gasteiger partial charge in [-0.1, -0.05) is 12.1 Å². The van der Waals surface area contributed by atoms with Crippen LogP contribution >= 0.6 is 0 Å². The molecule has 0 unspecified atom stereocenters. The van der Waals surface area contributed by atoms with Crippen LogP contribution in [0.3, 0.4) is 0 Å². The van der Waals surface area contributed by atoms with Crippen LogP contribution in [0.15, 0.2) is 47.6 Å². The van der Waals surface area contributed by atoms with Gasteiger partial charge in [-0.25, -0.2) is 5.43 Å². The number of rotatable bonds is 7. The molecule has 3 aromatic rings. The lowest BCUT2D eigenvalue weighted by Gasteiger charge is -2.09. The molecule has 0 saturated carbocycles. The van der Waals surface area contributed by atoms with Crippen molar-refractivity contribution >= 4 is 12.1 Å². The molecule has 7 heteroatoms. The Bertz CT molecular complexity index is 1040. The number of benzene rings is 2. The minimum Gasteiger partial charge on any atom is -0.493 e. The SMILES string of the molecule is CCOc1ccc(/C=N/NC(=O)c2cc(-c3ccc(C)c(C)c3)n[nH]2)cc1OC. The van der Waals surface area contributed by atoms with Gasteiger partial charge in [0.1, 0.15) is 5.69 Å². The molecule has 0 fully saturated rings. The van der Waals surface area contributed by atoms with Crippen LogP contribution < -0.4 is 14.9 Å². The summed E-state index contributed by atoms with van der Waals surface area (Å²) in [7, 11) is 1.58. The summed E-state index contributed by atoms with van der Waals surface area (Å²) in [5.74, 6) is 0.892. The number of amides is 1. The number of carbonyl (C=O) groups excluding carboxylic acids is 1. The van der Waals surface area contributed by atoms with E-state index in [1.165, 1.54) is 17.3 Å². The standard InChI is InChI=1S/C22H24N4O3/c1-5-29-20-9-7-16(11-21(20)28-4)13-23-26-22(27)19-12-18(24-25-19)17-8-6-14(2)15(3)10-17/h6-13H,5H2,1-4H3,(H,24,25)(H,26,27)/b23-13+. The fourth-order valence-electron chi connectivity index (χ4n) is 2.75. The number of hydrogen-bond acceptors (Lipinski definition) is 5. The first-order chi connectivity index (χ1) is 14.0. The maximum atomic E-state index is 12.3. The molecule has 0 aliphatic carbocycles. The van der Waals surface area contributed by atoms with Crippen LogP contribution in [0.2, 0.25) is 0 Å². The van der Waals surface area contributed by atoms with Gasteiger partial charge >= 0.3 is 0 Å². The molecule has 0 bridgehead atoms. The van der Waals surface area contributed by atoms with Crippen LogP contribution in [0.4, 0.5) is 0 Å². The van der Waals surface area contributed by atoms with Gasteiger partial charge in [0.2, 0.25) is 0 Å². The lowest BCUT2D eigenvalue weighted by atomic mass is 10.0. The van der Waals surface area contributed by atoms with E-state index < -0.39 is 0 Å². The van der Waals surface area contributed by atoms with Gasteiger partial charge in [0.05, 0.1) is 25.6 Å². The predicted octanol–water partition coefficient (Wildman–Crippen LogP) is 3.86. The van der Waals surface area contributed by atoms with E-state index in [0.717, 1.165) is 11.1 Å². The summed E-state index contributed by atoms with van der Waals surface area (Å²) in [4.78, 5) is 12.3. The molecule has 29 heavy (non-hydrogen) atoms. The molecule has 1 amide bonds. The predicted molar refractivity (Wildman–Crippen MR) is 113 cm³/mol. The first-order valence-electron chi connectivity index (χ1n) is 9.29. The molecule has 0 saturated heterocycles. The molecule has 2 aromatic carbocycles. The highest BCUT2D eigenvalue weighted by Gasteiger charge is 2.11. The highest BCUT2D eigenvalue weighted by atomic mass is 16.5. The maximum absolute atomic E-state index is 12.3. The second-order valence-corrected chi connectivity index (χ2v) is 6.51. The van der Waals surface area contributed by atoms with Crippen LogP contribution in [0.25, 0.3) is 11.3 Å². The van der Waals surface area contributed by atoms with E-state index >= 15 is 0 Å². The first-order valence-corrected chi connectivity index (χ1v) is 9.29. The summed E-state index contributed by atoms with van der Waals surface area (Å²) < 4.78 is 10.8. The van der Waals surface area contributed by atoms with Crippen molar-refractivity contribution in [2.75, 3.05) is 13.7 Å². The van der Waals surface area contributed by atoms with E-state index in [2.05, 4.69) is 27.6 Å². The number of aromatic nitrogens is 2. The number of nitrogens with zero attached hydrogens (tertiary/aromatic N) is 2. The fourth-order valence-corrected chi connectivity index (χ4v) is 2.75. The number of H-pyrrole nitrogens is 1. The molecule has 7 nitrogen and oxygen atoms in total. The smallest absolute Gasteiger partial charge is 0.289 e. The zero-order valence-electron chi connectivity index (χ0n) is 16.9. The lowest BCUT2D eigenvalue weighted by Crippen LogP contribution is -2.18. The summed E-state index contributed by atoms with van der Waals surface area (Å²) in [5, 5.41) is 11.0. The van der Waals surface area contributed by atoms with Crippen molar-refractivity contribution in [3.05, 3.63) is 64.8 Å². The Labute approximate surface area is 169 Å². The quantitative estimate of drug-likeness (QED) is 0.472. The van der Waals surface area contributed by atoms with Crippen LogP contribution in [0.5, 0.6) is 11.5 Å². The zero-order chi connectivity index (χ0) is 20.8. The van der Waals surface area contributed by atoms with E-state index in [-0.39, 0.29) is 5.91 Å². The van der Waals surface area contributed by atoms with Gasteiger partial charge in [0.15, 0.2) is 11.5 Å². The van der Waals surface area contributed by atoms with Crippen molar-refractivity contribution in [2.45, 2.75) is 20.8 Å². The molecule has 0 atom stereocenters. The van der Waals surface area contributed by atoms with Crippen LogP contribution in [-0.4, -0.2) is 36.0 Å². The Hall–Kier alpha value is -3.61. The van der Waals surface area contributed by atoms with Crippen LogP contribution in [0.1, 0.15) is 34.1 Å². The number of ether oxygens (including phenoxy) is 2. The van der Waals surface area contributed by atoms with Gasteiger partial charge in [0, 0.05) is 5.56 Å². The summed E-state index contributed by atoms with van der Waals surface area (Å²) in [6.07, 6.45) is 1.54. The molecular weight excluding hydrogens is 368 g/mol. The molecule has 0 aliphatic heterocycles. The minimum absolute atomic E-state index is 0.333. The zero-order valence-corrected chi connectivity index (χ0v) is 16.9. The van der Waals surface area contributed by atoms with Gasteiger partial charge in [-0.15, -0.1) is 0 Å². The number of hydrazone groups is 1. The maximum Gasteiger partial charge on any atom is 0.289 e. The number of aryl methyl sites for hydroxylation is 2. The topological polar surface area (TPSA) is 88.6 Å². The van der Waals surface area contributed by atoms with E-state index in [9.17, 15) is 4.79 Å². The number of methoxy groups -OCH3 is 1. The van der Waals surface area contributed by atoms with Crippen molar-refractivity contribution in [3.63, 3.8) is 0 Å². The average molecular weight is 392 g/mol. The Morgan fingerprint density at radius 2 is 1.97 bits per heavy atom. The summed E-state index contributed by atoms with van der Waals surface area (Å²) in [6, 6.07) is 13.2. The van der Waals surface area contributed by atoms with Crippen molar-refractivity contribution in [1.29, 1.82) is 0 Å². The fraction of sp³-hybridized carbons (Fsp3) is 0.227. The van der Waals surface area contributed by atoms with E-state index in [4.69, 9.17) is 9.47 Å². The Balaban J connectivity index is 1.66. The van der Waals surface area contributed by atoms with Crippen molar-refractivity contribution < 1.29 is 14.3 Å². The molecule has 3 rings (SSSR count). The highest BCUT2D eigenvalue weighted by molar-refractivity contribution is 5.94. The van der Waals surface area contributed by atoms with Crippen LogP contribution in [-0.2, 0) is 0 Å². The number of aromatic amines is 1. The summed E-state index contributed by atoms with van der Waals surface area (Å²) in [5.41, 5.74) is 7.64. The normalized spacial score (nSPS) is 10.9. The van der Waals surface area contributed by atoms with Gasteiger partial charge in [-0.05, 0) is 67.8 Å². The first kappa shape index (κ1) is 20.1. The molecule has 150 valence electrons. The largest absolute Gasteiger partial charge is 0.493 e. The van der Waals surface area contributed by atoms with E-state index in [1.807, 2.05) is 38.1 Å². The second kappa shape index (κ2) is 9.05. The van der Waals surface area contributed by atoms with Crippen molar-refractivity contribution in [2.24, 2.45) is 5.10 Å². The molecule has 2 N–H and O–H groups in total. The van der Waals surface area contributed by atoms with Gasteiger partial charge in [0.25, 0.3) is 5.91 Å². The third-order valence-corrected chi connectivity index (χ3v) is 4.49. The van der Waals surface area contributed by atoms with Gasteiger partial charge < -0.3 is 9.47 Å². The lowest BCUT2D eigenvalue weighted by molar-refractivity contribution is 0.0950. The van der Waals surface area contributed by atoms with Gasteiger partial charge in [-0.3, -0.25) is 9.89 Å². The molecule has 0 radical (unpaired) electrons. The molecule has 1 heterocycles. The minimum atomic E-state index is -0.373. The molecule has 1 aromatic heterocycles. The highest BCUT2D eigenvalue weighted by Crippen LogP contribution is 2.27. The number of hydrogen-bond donors (Lipinski definition) is 2. The Morgan fingerprint density at radius 3 is 2.69 bits per heavy atom. The second-order valence-electron chi connectivity index (χ2n) is 6.51. The van der Waals surface area contributed by atoms with Crippen molar-refractivity contribution in [3.8, 4) is 22.8 Å².